The van der Waals surface area contributed by atoms with Crippen LogP contribution in [0, 0.1) is 5.92 Å². The van der Waals surface area contributed by atoms with Gasteiger partial charge in [-0.2, -0.15) is 0 Å². The molecule has 2 fully saturated rings. The monoisotopic (exact) mass is 435 g/mol. The van der Waals surface area contributed by atoms with Crippen LogP contribution in [0.5, 0.6) is 5.75 Å². The molecule has 0 unspecified atom stereocenters. The molecule has 0 aromatic heterocycles. The first-order valence-electron chi connectivity index (χ1n) is 11.4. The second-order valence-electron chi connectivity index (χ2n) is 10.1. The molecule has 0 saturated carbocycles. The minimum absolute atomic E-state index is 0.00514. The highest BCUT2D eigenvalue weighted by Gasteiger charge is 2.49. The van der Waals surface area contributed by atoms with Crippen LogP contribution >= 0.6 is 0 Å². The molecule has 1 aromatic rings. The fraction of sp³-hybridized carbons (Fsp3) is 0.739. The van der Waals surface area contributed by atoms with Gasteiger partial charge in [-0.3, -0.25) is 0 Å². The number of fused-ring (bicyclic) bond motifs is 4. The summed E-state index contributed by atoms with van der Waals surface area (Å²) < 4.78 is 26.6. The Hall–Kier alpha value is -1.15. The van der Waals surface area contributed by atoms with Crippen LogP contribution in [0.25, 0.3) is 0 Å². The molecule has 3 atom stereocenters. The molecular formula is C23H37N3O3S. The van der Waals surface area contributed by atoms with E-state index in [0.29, 0.717) is 36.8 Å². The first kappa shape index (κ1) is 22.1. The zero-order chi connectivity index (χ0) is 21.7. The Kier molecular flexibility index (Phi) is 5.94. The second kappa shape index (κ2) is 8.08. The summed E-state index contributed by atoms with van der Waals surface area (Å²) in [5, 5.41) is 13.7. The van der Waals surface area contributed by atoms with Crippen molar-refractivity contribution in [3.63, 3.8) is 0 Å². The number of nitrogens with one attached hydrogen (secondary N) is 1. The molecule has 1 aromatic carbocycles. The third kappa shape index (κ3) is 3.78. The molecule has 30 heavy (non-hydrogen) atoms. The predicted molar refractivity (Wildman–Crippen MR) is 120 cm³/mol. The molecular weight excluding hydrogens is 398 g/mol. The average molecular weight is 436 g/mol. The van der Waals surface area contributed by atoms with Crippen molar-refractivity contribution >= 4 is 10.0 Å². The Balaban J connectivity index is 1.45. The zero-order valence-corrected chi connectivity index (χ0v) is 19.6. The highest BCUT2D eigenvalue weighted by Crippen LogP contribution is 2.45. The lowest BCUT2D eigenvalue weighted by Crippen LogP contribution is -2.66. The highest BCUT2D eigenvalue weighted by molar-refractivity contribution is 7.89. The van der Waals surface area contributed by atoms with E-state index in [1.54, 1.807) is 18.2 Å². The number of hydrogen-bond donors (Lipinski definition) is 2. The Morgan fingerprint density at radius 3 is 2.60 bits per heavy atom. The first-order valence-corrected chi connectivity index (χ1v) is 12.9. The number of nitrogens with zero attached hydrogens (tertiary/aromatic N) is 2. The number of rotatable bonds is 5. The molecule has 0 amide bonds. The van der Waals surface area contributed by atoms with Crippen molar-refractivity contribution in [1.29, 1.82) is 0 Å². The molecule has 2 aliphatic heterocycles. The molecule has 2 heterocycles. The molecule has 7 heteroatoms. The summed E-state index contributed by atoms with van der Waals surface area (Å²) in [7, 11) is -0.921. The van der Waals surface area contributed by atoms with E-state index in [1.807, 2.05) is 12.1 Å². The minimum atomic E-state index is -3.14. The lowest BCUT2D eigenvalue weighted by Gasteiger charge is -2.55. The molecule has 4 rings (SSSR count). The van der Waals surface area contributed by atoms with Gasteiger partial charge in [0.25, 0.3) is 0 Å². The summed E-state index contributed by atoms with van der Waals surface area (Å²) >= 11 is 0. The van der Waals surface area contributed by atoms with Gasteiger partial charge in [0.15, 0.2) is 0 Å². The van der Waals surface area contributed by atoms with Crippen LogP contribution in [0.4, 0.5) is 0 Å². The van der Waals surface area contributed by atoms with Crippen LogP contribution in [0.15, 0.2) is 18.2 Å². The van der Waals surface area contributed by atoms with E-state index < -0.39 is 10.0 Å². The van der Waals surface area contributed by atoms with Crippen LogP contribution in [-0.2, 0) is 21.9 Å². The summed E-state index contributed by atoms with van der Waals surface area (Å²) in [5.74, 6) is 0.855. The number of hydrogen-bond acceptors (Lipinski definition) is 5. The van der Waals surface area contributed by atoms with Gasteiger partial charge in [0, 0.05) is 30.6 Å². The van der Waals surface area contributed by atoms with E-state index in [0.717, 1.165) is 38.8 Å². The number of phenolic OH excluding ortho intramolecular Hbond substituents is 1. The van der Waals surface area contributed by atoms with E-state index in [1.165, 1.54) is 11.1 Å². The molecule has 2 bridgehead atoms. The summed E-state index contributed by atoms with van der Waals surface area (Å²) in [6.45, 7) is 9.13. The van der Waals surface area contributed by atoms with Crippen LogP contribution in [0.3, 0.4) is 0 Å². The van der Waals surface area contributed by atoms with Crippen molar-refractivity contribution in [3.8, 4) is 5.75 Å². The second-order valence-corrected chi connectivity index (χ2v) is 12.6. The Morgan fingerprint density at radius 2 is 1.93 bits per heavy atom. The zero-order valence-electron chi connectivity index (χ0n) is 18.8. The van der Waals surface area contributed by atoms with E-state index in [-0.39, 0.29) is 10.7 Å². The summed E-state index contributed by atoms with van der Waals surface area (Å²) in [4.78, 5) is 2.48. The van der Waals surface area contributed by atoms with E-state index >= 15 is 0 Å². The molecule has 168 valence electrons. The van der Waals surface area contributed by atoms with Crippen LogP contribution in [0.1, 0.15) is 51.2 Å². The average Bonchev–Trinajstić information content (AvgIpc) is 2.71. The summed E-state index contributed by atoms with van der Waals surface area (Å²) in [6.07, 6.45) is 3.91. The van der Waals surface area contributed by atoms with Crippen molar-refractivity contribution < 1.29 is 13.5 Å². The summed E-state index contributed by atoms with van der Waals surface area (Å²) in [6, 6.07) is 6.66. The Bertz CT molecular complexity index is 880. The van der Waals surface area contributed by atoms with Gasteiger partial charge in [-0.1, -0.05) is 13.0 Å². The number of sulfonamides is 1. The number of likely N-dealkylation sites (N-methyl/N-ethyl adjacent to an activating group) is 1. The van der Waals surface area contributed by atoms with Gasteiger partial charge in [-0.25, -0.2) is 12.7 Å². The SMILES string of the molecule is CC(C)S(=O)(=O)N1CCC(CN[C@@H]2[C@H]3Cc4ccc(O)cc4[C@]2(C)CCN3C)CC1. The number of benzene rings is 1. The standard InChI is InChI=1S/C23H37N3O3S/c1-16(2)30(28,29)26-10-7-17(8-11-26)15-24-22-21-13-18-5-6-19(27)14-20(18)23(22,3)9-12-25(21)4/h5-6,14,16-17,21-22,24,27H,7-13,15H2,1-4H3/t21-,22-,23+/m1/s1. The van der Waals surface area contributed by atoms with Crippen LogP contribution < -0.4 is 5.32 Å². The van der Waals surface area contributed by atoms with Gasteiger partial charge in [0.1, 0.15) is 5.75 Å². The van der Waals surface area contributed by atoms with Crippen molar-refractivity contribution in [2.45, 2.75) is 69.2 Å². The number of piperidine rings is 2. The fourth-order valence-electron chi connectivity index (χ4n) is 5.81. The van der Waals surface area contributed by atoms with Gasteiger partial charge in [-0.05, 0) is 88.8 Å². The van der Waals surface area contributed by atoms with Crippen LogP contribution in [0.2, 0.25) is 0 Å². The van der Waals surface area contributed by atoms with Gasteiger partial charge >= 0.3 is 0 Å². The minimum Gasteiger partial charge on any atom is -0.508 e. The molecule has 2 saturated heterocycles. The number of phenols is 1. The smallest absolute Gasteiger partial charge is 0.216 e. The van der Waals surface area contributed by atoms with Gasteiger partial charge in [0.2, 0.25) is 10.0 Å². The molecule has 6 nitrogen and oxygen atoms in total. The third-order valence-corrected chi connectivity index (χ3v) is 10.2. The van der Waals surface area contributed by atoms with E-state index in [9.17, 15) is 13.5 Å². The third-order valence-electron chi connectivity index (χ3n) is 7.91. The lowest BCUT2D eigenvalue weighted by molar-refractivity contribution is 0.0620. The Labute approximate surface area is 181 Å². The van der Waals surface area contributed by atoms with Crippen molar-refractivity contribution in [3.05, 3.63) is 29.3 Å². The normalized spacial score (nSPS) is 31.1. The number of aromatic hydroxyl groups is 1. The van der Waals surface area contributed by atoms with Crippen LogP contribution in [-0.4, -0.2) is 73.3 Å². The van der Waals surface area contributed by atoms with E-state index in [4.69, 9.17) is 0 Å². The van der Waals surface area contributed by atoms with E-state index in [2.05, 4.69) is 30.3 Å². The maximum atomic E-state index is 12.4. The lowest BCUT2D eigenvalue weighted by atomic mass is 9.61. The summed E-state index contributed by atoms with van der Waals surface area (Å²) in [5.41, 5.74) is 2.66. The predicted octanol–water partition coefficient (Wildman–Crippen LogP) is 2.32. The van der Waals surface area contributed by atoms with Gasteiger partial charge in [0.05, 0.1) is 5.25 Å². The molecule has 0 spiro atoms. The van der Waals surface area contributed by atoms with Crippen molar-refractivity contribution in [2.24, 2.45) is 5.92 Å². The first-order chi connectivity index (χ1) is 14.1. The fourth-order valence-corrected chi connectivity index (χ4v) is 7.12. The maximum Gasteiger partial charge on any atom is 0.216 e. The molecule has 1 aliphatic carbocycles. The Morgan fingerprint density at radius 1 is 1.23 bits per heavy atom. The highest BCUT2D eigenvalue weighted by atomic mass is 32.2. The quantitative estimate of drug-likeness (QED) is 0.743. The maximum absolute atomic E-state index is 12.4. The number of likely N-dealkylation sites (tertiary alicyclic amines) is 1. The van der Waals surface area contributed by atoms with Gasteiger partial charge in [-0.15, -0.1) is 0 Å². The largest absolute Gasteiger partial charge is 0.508 e. The topological polar surface area (TPSA) is 72.9 Å². The molecule has 2 N–H and O–H groups in total. The van der Waals surface area contributed by atoms with Gasteiger partial charge < -0.3 is 15.3 Å². The van der Waals surface area contributed by atoms with Crippen molar-refractivity contribution in [1.82, 2.24) is 14.5 Å². The molecule has 0 radical (unpaired) electrons. The molecule has 3 aliphatic rings. The van der Waals surface area contributed by atoms with Crippen molar-refractivity contribution in [2.75, 3.05) is 33.2 Å².